The van der Waals surface area contributed by atoms with E-state index in [9.17, 15) is 19.6 Å². The van der Waals surface area contributed by atoms with Crippen molar-refractivity contribution >= 4 is 23.2 Å². The predicted octanol–water partition coefficient (Wildman–Crippen LogP) is 3.86. The van der Waals surface area contributed by atoms with Gasteiger partial charge in [0.25, 0.3) is 5.91 Å². The second-order valence-corrected chi connectivity index (χ2v) is 9.88. The van der Waals surface area contributed by atoms with Gasteiger partial charge in [-0.2, -0.15) is 10.4 Å². The minimum Gasteiger partial charge on any atom is -0.385 e. The fraction of sp³-hybridized carbons (Fsp3) is 0.417. The second kappa shape index (κ2) is 8.22. The first kappa shape index (κ1) is 22.6. The second-order valence-electron chi connectivity index (χ2n) is 9.48. The van der Waals surface area contributed by atoms with E-state index in [1.807, 2.05) is 0 Å². The van der Waals surface area contributed by atoms with Gasteiger partial charge >= 0.3 is 0 Å². The molecule has 0 bridgehead atoms. The molecule has 1 aromatic carbocycles. The molecule has 2 aromatic heterocycles. The zero-order valence-corrected chi connectivity index (χ0v) is 19.6. The van der Waals surface area contributed by atoms with Crippen LogP contribution in [0, 0.1) is 29.0 Å². The molecule has 0 radical (unpaired) electrons. The minimum atomic E-state index is -1.06. The molecule has 2 fully saturated rings. The Hall–Kier alpha value is -3.22. The Balaban J connectivity index is 1.33. The van der Waals surface area contributed by atoms with E-state index in [0.29, 0.717) is 29.8 Å². The van der Waals surface area contributed by atoms with E-state index >= 15 is 0 Å². The van der Waals surface area contributed by atoms with Gasteiger partial charge in [0.15, 0.2) is 5.69 Å². The molecule has 2 N–H and O–H groups in total. The van der Waals surface area contributed by atoms with Gasteiger partial charge in [0.2, 0.25) is 0 Å². The molecule has 2 saturated carbocycles. The first-order valence-corrected chi connectivity index (χ1v) is 11.5. The number of benzene rings is 1. The van der Waals surface area contributed by atoms with E-state index in [-0.39, 0.29) is 34.4 Å². The largest absolute Gasteiger partial charge is 0.385 e. The number of halogens is 2. The van der Waals surface area contributed by atoms with E-state index in [4.69, 9.17) is 11.6 Å². The summed E-state index contributed by atoms with van der Waals surface area (Å²) in [4.78, 5) is 17.6. The fourth-order valence-electron chi connectivity index (χ4n) is 5.81. The van der Waals surface area contributed by atoms with Gasteiger partial charge in [-0.3, -0.25) is 9.48 Å². The SMILES string of the molecule is Cn1cc(C2(O)CC3CC(c4ncn(C)c4C(=O)Nc4ccc(F)c(Cl)c4)CC3C2)c(C#N)n1. The molecule has 5 rings (SSSR count). The van der Waals surface area contributed by atoms with Crippen molar-refractivity contribution in [3.05, 3.63) is 64.2 Å². The van der Waals surface area contributed by atoms with Crippen LogP contribution in [0.25, 0.3) is 0 Å². The molecule has 0 spiro atoms. The molecule has 0 saturated heterocycles. The third-order valence-electron chi connectivity index (χ3n) is 7.22. The molecular formula is C24H24ClFN6O2. The summed E-state index contributed by atoms with van der Waals surface area (Å²) in [6.07, 6.45) is 6.07. The van der Waals surface area contributed by atoms with Gasteiger partial charge in [-0.1, -0.05) is 11.6 Å². The molecule has 2 atom stereocenters. The van der Waals surface area contributed by atoms with Crippen LogP contribution in [0.15, 0.2) is 30.7 Å². The molecule has 8 nitrogen and oxygen atoms in total. The summed E-state index contributed by atoms with van der Waals surface area (Å²) in [6.45, 7) is 0. The van der Waals surface area contributed by atoms with Crippen LogP contribution in [0.2, 0.25) is 5.02 Å². The quantitative estimate of drug-likeness (QED) is 0.587. The molecule has 10 heteroatoms. The summed E-state index contributed by atoms with van der Waals surface area (Å²) in [6, 6.07) is 6.14. The molecule has 3 aromatic rings. The number of nitriles is 1. The molecule has 176 valence electrons. The number of aromatic nitrogens is 4. The Morgan fingerprint density at radius 1 is 1.32 bits per heavy atom. The average molecular weight is 483 g/mol. The van der Waals surface area contributed by atoms with Crippen LogP contribution in [-0.2, 0) is 19.7 Å². The highest BCUT2D eigenvalue weighted by molar-refractivity contribution is 6.31. The van der Waals surface area contributed by atoms with Crippen molar-refractivity contribution in [2.75, 3.05) is 5.32 Å². The van der Waals surface area contributed by atoms with Gasteiger partial charge in [0.05, 0.1) is 22.6 Å². The molecule has 0 aliphatic heterocycles. The van der Waals surface area contributed by atoms with Crippen LogP contribution in [0.1, 0.15) is 59.0 Å². The number of carbonyl (C=O) groups is 1. The number of nitrogens with zero attached hydrogens (tertiary/aromatic N) is 5. The number of nitrogens with one attached hydrogen (secondary N) is 1. The van der Waals surface area contributed by atoms with Crippen LogP contribution in [0.5, 0.6) is 0 Å². The van der Waals surface area contributed by atoms with Gasteiger partial charge < -0.3 is 15.0 Å². The highest BCUT2D eigenvalue weighted by atomic mass is 35.5. The summed E-state index contributed by atoms with van der Waals surface area (Å²) in [5.41, 5.74) is 1.39. The van der Waals surface area contributed by atoms with Crippen molar-refractivity contribution in [2.24, 2.45) is 25.9 Å². The van der Waals surface area contributed by atoms with Crippen LogP contribution in [0.3, 0.4) is 0 Å². The lowest BCUT2D eigenvalue weighted by molar-refractivity contribution is 0.0341. The number of rotatable bonds is 4. The highest BCUT2D eigenvalue weighted by Gasteiger charge is 2.51. The number of imidazole rings is 1. The number of hydrogen-bond donors (Lipinski definition) is 2. The molecular weight excluding hydrogens is 459 g/mol. The Kier molecular flexibility index (Phi) is 5.46. The Labute approximate surface area is 201 Å². The van der Waals surface area contributed by atoms with E-state index in [1.54, 1.807) is 35.9 Å². The van der Waals surface area contributed by atoms with Gasteiger partial charge in [0, 0.05) is 37.5 Å². The van der Waals surface area contributed by atoms with Crippen LogP contribution < -0.4 is 5.32 Å². The standard InChI is InChI=1S/C24H24ClFN6O2/c1-31-12-28-21(22(31)23(33)29-16-3-4-19(26)18(25)7-16)13-5-14-8-24(34,9-15(14)6-13)17-11-32(2)30-20(17)10-27/h3-4,7,11-15,34H,5-6,8-9H2,1-2H3,(H,29,33). The van der Waals surface area contributed by atoms with E-state index in [2.05, 4.69) is 21.5 Å². The third-order valence-corrected chi connectivity index (χ3v) is 7.51. The van der Waals surface area contributed by atoms with Crippen molar-refractivity contribution in [1.82, 2.24) is 19.3 Å². The predicted molar refractivity (Wildman–Crippen MR) is 123 cm³/mol. The van der Waals surface area contributed by atoms with E-state index < -0.39 is 11.4 Å². The van der Waals surface area contributed by atoms with E-state index in [0.717, 1.165) is 18.5 Å². The van der Waals surface area contributed by atoms with E-state index in [1.165, 1.54) is 18.2 Å². The molecule has 2 aliphatic rings. The smallest absolute Gasteiger partial charge is 0.274 e. The van der Waals surface area contributed by atoms with Crippen molar-refractivity contribution in [2.45, 2.75) is 37.2 Å². The molecule has 2 heterocycles. The first-order chi connectivity index (χ1) is 16.2. The number of hydrogen-bond acceptors (Lipinski definition) is 5. The van der Waals surface area contributed by atoms with Gasteiger partial charge in [-0.05, 0) is 55.7 Å². The molecule has 34 heavy (non-hydrogen) atoms. The summed E-state index contributed by atoms with van der Waals surface area (Å²) < 4.78 is 16.7. The zero-order chi connectivity index (χ0) is 24.2. The molecule has 1 amide bonds. The maximum Gasteiger partial charge on any atom is 0.274 e. The lowest BCUT2D eigenvalue weighted by Gasteiger charge is -2.24. The maximum absolute atomic E-state index is 13.5. The third kappa shape index (κ3) is 3.77. The maximum atomic E-state index is 13.5. The number of anilines is 1. The topological polar surface area (TPSA) is 109 Å². The number of aliphatic hydroxyl groups is 1. The lowest BCUT2D eigenvalue weighted by Crippen LogP contribution is -2.24. The first-order valence-electron chi connectivity index (χ1n) is 11.1. The Bertz CT molecular complexity index is 1310. The van der Waals surface area contributed by atoms with Gasteiger partial charge in [0.1, 0.15) is 17.6 Å². The lowest BCUT2D eigenvalue weighted by atomic mass is 9.87. The van der Waals surface area contributed by atoms with Crippen LogP contribution in [0.4, 0.5) is 10.1 Å². The summed E-state index contributed by atoms with van der Waals surface area (Å²) in [5.74, 6) is -0.277. The number of fused-ring (bicyclic) bond motifs is 1. The van der Waals surface area contributed by atoms with Crippen LogP contribution >= 0.6 is 11.6 Å². The highest BCUT2D eigenvalue weighted by Crippen LogP contribution is 2.57. The average Bonchev–Trinajstić information content (AvgIpc) is 3.52. The molecule has 2 unspecified atom stereocenters. The van der Waals surface area contributed by atoms with Crippen molar-refractivity contribution in [3.63, 3.8) is 0 Å². The number of aryl methyl sites for hydroxylation is 2. The monoisotopic (exact) mass is 482 g/mol. The van der Waals surface area contributed by atoms with Gasteiger partial charge in [-0.25, -0.2) is 9.37 Å². The van der Waals surface area contributed by atoms with Gasteiger partial charge in [-0.15, -0.1) is 0 Å². The van der Waals surface area contributed by atoms with Crippen LogP contribution in [-0.4, -0.2) is 30.3 Å². The summed E-state index contributed by atoms with van der Waals surface area (Å²) in [7, 11) is 3.51. The molecule has 2 aliphatic carbocycles. The summed E-state index contributed by atoms with van der Waals surface area (Å²) in [5, 5.41) is 27.7. The summed E-state index contributed by atoms with van der Waals surface area (Å²) >= 11 is 5.84. The fourth-order valence-corrected chi connectivity index (χ4v) is 5.99. The van der Waals surface area contributed by atoms with Crippen molar-refractivity contribution < 1.29 is 14.3 Å². The number of amides is 1. The van der Waals surface area contributed by atoms with Crippen molar-refractivity contribution in [1.29, 1.82) is 5.26 Å². The van der Waals surface area contributed by atoms with Crippen molar-refractivity contribution in [3.8, 4) is 6.07 Å². The Morgan fingerprint density at radius 2 is 2.03 bits per heavy atom. The normalized spacial score (nSPS) is 25.8. The number of carbonyl (C=O) groups excluding carboxylic acids is 1. The zero-order valence-electron chi connectivity index (χ0n) is 18.8. The minimum absolute atomic E-state index is 0.0627. The Morgan fingerprint density at radius 3 is 2.68 bits per heavy atom.